The number of likely N-dealkylation sites (N-methyl/N-ethyl adjacent to an activating group) is 1. The summed E-state index contributed by atoms with van der Waals surface area (Å²) in [7, 11) is 2.07. The quantitative estimate of drug-likeness (QED) is 0.824. The van der Waals surface area contributed by atoms with Gasteiger partial charge in [-0.25, -0.2) is 4.39 Å². The lowest BCUT2D eigenvalue weighted by Crippen LogP contribution is -2.62. The minimum Gasteiger partial charge on any atom is -0.356 e. The number of rotatable bonds is 2. The average Bonchev–Trinajstić information content (AvgIpc) is 3.11. The zero-order chi connectivity index (χ0) is 19.7. The number of amides is 2. The lowest BCUT2D eigenvalue weighted by molar-refractivity contribution is -0.121. The fourth-order valence-corrected chi connectivity index (χ4v) is 4.14. The van der Waals surface area contributed by atoms with Crippen LogP contribution >= 0.6 is 0 Å². The molecule has 3 heterocycles. The fourth-order valence-electron chi connectivity index (χ4n) is 4.14. The third-order valence-electron chi connectivity index (χ3n) is 5.97. The molecule has 28 heavy (non-hydrogen) atoms. The van der Waals surface area contributed by atoms with Crippen LogP contribution < -0.4 is 5.32 Å². The number of nitrogens with one attached hydrogen (secondary N) is 2. The van der Waals surface area contributed by atoms with Gasteiger partial charge in [0.05, 0.1) is 5.69 Å². The highest BCUT2D eigenvalue weighted by Gasteiger charge is 2.42. The predicted molar refractivity (Wildman–Crippen MR) is 102 cm³/mol. The van der Waals surface area contributed by atoms with Crippen LogP contribution in [0.1, 0.15) is 29.8 Å². The molecule has 2 aromatic rings. The first-order chi connectivity index (χ1) is 13.5. The summed E-state index contributed by atoms with van der Waals surface area (Å²) in [6.45, 7) is 2.61. The largest absolute Gasteiger partial charge is 0.356 e. The number of hydrogen-bond acceptors (Lipinski definition) is 4. The van der Waals surface area contributed by atoms with Crippen molar-refractivity contribution in [2.45, 2.75) is 24.8 Å². The second-order valence-electron chi connectivity index (χ2n) is 7.65. The molecule has 2 fully saturated rings. The molecule has 148 valence electrons. The third kappa shape index (κ3) is 3.52. The molecule has 2 aliphatic rings. The molecule has 2 amide bonds. The molecule has 2 N–H and O–H groups in total. The van der Waals surface area contributed by atoms with Gasteiger partial charge in [0.1, 0.15) is 11.5 Å². The first kappa shape index (κ1) is 18.6. The van der Waals surface area contributed by atoms with Crippen molar-refractivity contribution in [3.05, 3.63) is 41.8 Å². The summed E-state index contributed by atoms with van der Waals surface area (Å²) >= 11 is 0. The Morgan fingerprint density at radius 3 is 2.79 bits per heavy atom. The minimum atomic E-state index is -0.310. The van der Waals surface area contributed by atoms with Crippen molar-refractivity contribution in [2.75, 3.05) is 33.2 Å². The molecule has 0 unspecified atom stereocenters. The highest BCUT2D eigenvalue weighted by molar-refractivity contribution is 5.93. The van der Waals surface area contributed by atoms with Gasteiger partial charge in [-0.2, -0.15) is 5.10 Å². The normalized spacial score (nSPS) is 23.5. The summed E-state index contributed by atoms with van der Waals surface area (Å²) in [5.74, 6) is -0.335. The van der Waals surface area contributed by atoms with Gasteiger partial charge < -0.3 is 10.2 Å². The molecular weight excluding hydrogens is 361 g/mol. The molecule has 2 aliphatic heterocycles. The lowest BCUT2D eigenvalue weighted by atomic mass is 9.86. The van der Waals surface area contributed by atoms with E-state index in [1.165, 1.54) is 12.1 Å². The molecule has 0 saturated carbocycles. The van der Waals surface area contributed by atoms with Crippen LogP contribution in [0.3, 0.4) is 0 Å². The molecule has 0 aliphatic carbocycles. The lowest BCUT2D eigenvalue weighted by Gasteiger charge is -2.49. The van der Waals surface area contributed by atoms with Gasteiger partial charge in [-0.1, -0.05) is 0 Å². The number of hydrogen-bond donors (Lipinski definition) is 2. The fraction of sp³-hybridized carbons (Fsp3) is 0.450. The van der Waals surface area contributed by atoms with Gasteiger partial charge in [0.25, 0.3) is 5.91 Å². The Kier molecular flexibility index (Phi) is 4.89. The maximum absolute atomic E-state index is 13.1. The SMILES string of the molecule is CN1CCN(C(=O)c2cc(-c3ccc(F)cc3)n[nH]2)C[C@]12CCNC(=O)CC2. The second-order valence-corrected chi connectivity index (χ2v) is 7.65. The molecule has 8 heteroatoms. The number of carbonyl (C=O) groups excluding carboxylic acids is 2. The molecule has 0 radical (unpaired) electrons. The Morgan fingerprint density at radius 2 is 2.00 bits per heavy atom. The molecular formula is C20H24FN5O2. The van der Waals surface area contributed by atoms with E-state index < -0.39 is 0 Å². The summed E-state index contributed by atoms with van der Waals surface area (Å²) in [5, 5.41) is 9.96. The van der Waals surface area contributed by atoms with Gasteiger partial charge in [0, 0.05) is 43.7 Å². The number of H-pyrrole nitrogens is 1. The highest BCUT2D eigenvalue weighted by atomic mass is 19.1. The number of piperazine rings is 1. The standard InChI is InChI=1S/C20H24FN5O2/c1-25-10-11-26(13-20(25)7-6-18(27)22-9-8-20)19(28)17-12-16(23-24-17)14-2-4-15(21)5-3-14/h2-5,12H,6-11,13H2,1H3,(H,22,27)(H,23,24)/t20-/m0/s1. The zero-order valence-corrected chi connectivity index (χ0v) is 15.9. The Bertz CT molecular complexity index is 881. The Labute approximate surface area is 162 Å². The van der Waals surface area contributed by atoms with Gasteiger partial charge in [-0.3, -0.25) is 19.6 Å². The van der Waals surface area contributed by atoms with Gasteiger partial charge in [0.15, 0.2) is 0 Å². The van der Waals surface area contributed by atoms with Crippen molar-refractivity contribution in [3.63, 3.8) is 0 Å². The third-order valence-corrected chi connectivity index (χ3v) is 5.97. The topological polar surface area (TPSA) is 81.3 Å². The van der Waals surface area contributed by atoms with Gasteiger partial charge in [-0.05, 0) is 50.2 Å². The van der Waals surface area contributed by atoms with E-state index in [4.69, 9.17) is 0 Å². The molecule has 1 aromatic heterocycles. The van der Waals surface area contributed by atoms with E-state index in [0.29, 0.717) is 37.4 Å². The van der Waals surface area contributed by atoms with Crippen LogP contribution in [0.5, 0.6) is 0 Å². The minimum absolute atomic E-state index is 0.0752. The zero-order valence-electron chi connectivity index (χ0n) is 15.9. The average molecular weight is 385 g/mol. The maximum Gasteiger partial charge on any atom is 0.271 e. The van der Waals surface area contributed by atoms with E-state index in [1.54, 1.807) is 18.2 Å². The summed E-state index contributed by atoms with van der Waals surface area (Å²) in [5.41, 5.74) is 1.59. The van der Waals surface area contributed by atoms with Crippen LogP contribution in [0.2, 0.25) is 0 Å². The van der Waals surface area contributed by atoms with Crippen LogP contribution in [0, 0.1) is 5.82 Å². The summed E-state index contributed by atoms with van der Waals surface area (Å²) in [4.78, 5) is 29.0. The van der Waals surface area contributed by atoms with E-state index in [9.17, 15) is 14.0 Å². The van der Waals surface area contributed by atoms with E-state index in [0.717, 1.165) is 24.9 Å². The number of aromatic nitrogens is 2. The molecule has 7 nitrogen and oxygen atoms in total. The van der Waals surface area contributed by atoms with Gasteiger partial charge >= 0.3 is 0 Å². The highest BCUT2D eigenvalue weighted by Crippen LogP contribution is 2.31. The number of benzene rings is 1. The number of halogens is 1. The van der Waals surface area contributed by atoms with Crippen LogP contribution in [0.15, 0.2) is 30.3 Å². The van der Waals surface area contributed by atoms with Gasteiger partial charge in [-0.15, -0.1) is 0 Å². The molecule has 1 spiro atoms. The first-order valence-corrected chi connectivity index (χ1v) is 9.55. The summed E-state index contributed by atoms with van der Waals surface area (Å²) in [6, 6.07) is 7.73. The van der Waals surface area contributed by atoms with Crippen LogP contribution in [0.4, 0.5) is 4.39 Å². The van der Waals surface area contributed by atoms with Crippen molar-refractivity contribution < 1.29 is 14.0 Å². The predicted octanol–water partition coefficient (Wildman–Crippen LogP) is 1.64. The smallest absolute Gasteiger partial charge is 0.271 e. The summed E-state index contributed by atoms with van der Waals surface area (Å²) < 4.78 is 13.1. The molecule has 1 aromatic carbocycles. The van der Waals surface area contributed by atoms with E-state index >= 15 is 0 Å². The monoisotopic (exact) mass is 385 g/mol. The summed E-state index contributed by atoms with van der Waals surface area (Å²) in [6.07, 6.45) is 2.04. The van der Waals surface area contributed by atoms with E-state index in [-0.39, 0.29) is 23.2 Å². The maximum atomic E-state index is 13.1. The van der Waals surface area contributed by atoms with Crippen molar-refractivity contribution in [2.24, 2.45) is 0 Å². The van der Waals surface area contributed by atoms with Gasteiger partial charge in [0.2, 0.25) is 5.91 Å². The van der Waals surface area contributed by atoms with E-state index in [2.05, 4.69) is 27.5 Å². The van der Waals surface area contributed by atoms with E-state index in [1.807, 2.05) is 4.90 Å². The molecule has 4 rings (SSSR count). The Hall–Kier alpha value is -2.74. The molecule has 1 atom stereocenters. The van der Waals surface area contributed by atoms with Crippen LogP contribution in [0.25, 0.3) is 11.3 Å². The van der Waals surface area contributed by atoms with Crippen molar-refractivity contribution in [3.8, 4) is 11.3 Å². The number of carbonyl (C=O) groups is 2. The van der Waals surface area contributed by atoms with Crippen molar-refractivity contribution in [1.29, 1.82) is 0 Å². The van der Waals surface area contributed by atoms with Crippen molar-refractivity contribution >= 4 is 11.8 Å². The molecule has 0 bridgehead atoms. The second kappa shape index (κ2) is 7.35. The Morgan fingerprint density at radius 1 is 1.21 bits per heavy atom. The molecule has 2 saturated heterocycles. The number of aromatic amines is 1. The first-order valence-electron chi connectivity index (χ1n) is 9.55. The van der Waals surface area contributed by atoms with Crippen LogP contribution in [-0.4, -0.2) is 70.6 Å². The van der Waals surface area contributed by atoms with Crippen LogP contribution in [-0.2, 0) is 4.79 Å². The number of nitrogens with zero attached hydrogens (tertiary/aromatic N) is 3. The van der Waals surface area contributed by atoms with Crippen molar-refractivity contribution in [1.82, 2.24) is 25.3 Å². The Balaban J connectivity index is 1.52.